The minimum atomic E-state index is -0.241. The van der Waals surface area contributed by atoms with Crippen LogP contribution in [0.3, 0.4) is 0 Å². The van der Waals surface area contributed by atoms with E-state index in [2.05, 4.69) is 16.4 Å². The number of nitrogens with zero attached hydrogens (tertiary/aromatic N) is 2. The summed E-state index contributed by atoms with van der Waals surface area (Å²) in [5, 5.41) is 11.1. The fourth-order valence-electron chi connectivity index (χ4n) is 1.35. The van der Waals surface area contributed by atoms with Crippen molar-refractivity contribution in [3.8, 4) is 6.07 Å². The zero-order valence-corrected chi connectivity index (χ0v) is 9.54. The van der Waals surface area contributed by atoms with Gasteiger partial charge in [0.25, 0.3) is 5.91 Å². The van der Waals surface area contributed by atoms with Crippen LogP contribution in [-0.4, -0.2) is 17.4 Å². The molecule has 0 saturated carbocycles. The summed E-state index contributed by atoms with van der Waals surface area (Å²) in [5.74, 6) is 0.528. The summed E-state index contributed by atoms with van der Waals surface area (Å²) in [6.07, 6.45) is 2.12. The zero-order chi connectivity index (χ0) is 12.0. The topological polar surface area (TPSA) is 78.9 Å². The van der Waals surface area contributed by atoms with Crippen molar-refractivity contribution in [2.24, 2.45) is 0 Å². The van der Waals surface area contributed by atoms with Crippen LogP contribution in [0.15, 0.2) is 4.42 Å². The van der Waals surface area contributed by atoms with Crippen LogP contribution in [0.1, 0.15) is 41.4 Å². The Labute approximate surface area is 94.5 Å². The molecule has 0 saturated heterocycles. The van der Waals surface area contributed by atoms with E-state index in [0.717, 1.165) is 12.8 Å². The molecule has 5 nitrogen and oxygen atoms in total. The molecular formula is C11H15N3O2. The third-order valence-corrected chi connectivity index (χ3v) is 2.11. The monoisotopic (exact) mass is 221 g/mol. The lowest BCUT2D eigenvalue weighted by molar-refractivity contribution is 0.0923. The van der Waals surface area contributed by atoms with Crippen molar-refractivity contribution >= 4 is 5.91 Å². The number of carbonyl (C=O) groups excluding carboxylic acids is 1. The van der Waals surface area contributed by atoms with Gasteiger partial charge in [0.15, 0.2) is 5.89 Å². The summed E-state index contributed by atoms with van der Waals surface area (Å²) in [6, 6.07) is 2.06. The van der Waals surface area contributed by atoms with Gasteiger partial charge in [-0.2, -0.15) is 5.26 Å². The normalized spacial score (nSPS) is 9.81. The van der Waals surface area contributed by atoms with Gasteiger partial charge >= 0.3 is 0 Å². The molecule has 0 spiro atoms. The molecule has 16 heavy (non-hydrogen) atoms. The molecule has 0 fully saturated rings. The largest absolute Gasteiger partial charge is 0.436 e. The molecule has 5 heteroatoms. The molecule has 0 aromatic carbocycles. The van der Waals surface area contributed by atoms with Gasteiger partial charge in [0.2, 0.25) is 5.76 Å². The van der Waals surface area contributed by atoms with Crippen LogP contribution in [0.2, 0.25) is 0 Å². The maximum atomic E-state index is 11.6. The van der Waals surface area contributed by atoms with Crippen LogP contribution in [-0.2, 0) is 0 Å². The van der Waals surface area contributed by atoms with E-state index in [1.807, 2.05) is 0 Å². The van der Waals surface area contributed by atoms with Gasteiger partial charge in [0.05, 0.1) is 11.8 Å². The van der Waals surface area contributed by atoms with E-state index in [0.29, 0.717) is 24.6 Å². The molecule has 86 valence electrons. The first-order valence-corrected chi connectivity index (χ1v) is 5.24. The number of aryl methyl sites for hydroxylation is 2. The van der Waals surface area contributed by atoms with Crippen LogP contribution >= 0.6 is 0 Å². The predicted octanol–water partition coefficient (Wildman–Crippen LogP) is 1.72. The molecule has 1 heterocycles. The molecule has 1 aromatic heterocycles. The Balaban J connectivity index is 2.36. The first-order valence-electron chi connectivity index (χ1n) is 5.24. The zero-order valence-electron chi connectivity index (χ0n) is 9.54. The smallest absolute Gasteiger partial charge is 0.289 e. The van der Waals surface area contributed by atoms with Crippen molar-refractivity contribution in [3.05, 3.63) is 17.3 Å². The summed E-state index contributed by atoms with van der Waals surface area (Å²) in [7, 11) is 0. The van der Waals surface area contributed by atoms with Crippen LogP contribution in [0, 0.1) is 25.2 Å². The minimum Gasteiger partial charge on any atom is -0.436 e. The SMILES string of the molecule is Cc1nc(C)c(C(=O)NCCCCC#N)o1. The molecule has 1 N–H and O–H groups in total. The van der Waals surface area contributed by atoms with Crippen LogP contribution in [0.4, 0.5) is 0 Å². The molecular weight excluding hydrogens is 206 g/mol. The number of oxazole rings is 1. The second-order valence-corrected chi connectivity index (χ2v) is 3.52. The average Bonchev–Trinajstić information content (AvgIpc) is 2.57. The molecule has 0 aliphatic heterocycles. The Morgan fingerprint density at radius 2 is 2.25 bits per heavy atom. The van der Waals surface area contributed by atoms with E-state index < -0.39 is 0 Å². The molecule has 1 aromatic rings. The molecule has 0 unspecified atom stereocenters. The minimum absolute atomic E-state index is 0.241. The van der Waals surface area contributed by atoms with Gasteiger partial charge in [-0.1, -0.05) is 0 Å². The highest BCUT2D eigenvalue weighted by molar-refractivity contribution is 5.92. The number of amides is 1. The lowest BCUT2D eigenvalue weighted by Gasteiger charge is -2.01. The number of hydrogen-bond acceptors (Lipinski definition) is 4. The van der Waals surface area contributed by atoms with Crippen LogP contribution < -0.4 is 5.32 Å². The molecule has 0 aliphatic carbocycles. The second kappa shape index (κ2) is 5.91. The maximum Gasteiger partial charge on any atom is 0.289 e. The summed E-state index contributed by atoms with van der Waals surface area (Å²) in [5.41, 5.74) is 0.604. The number of unbranched alkanes of at least 4 members (excludes halogenated alkanes) is 2. The first kappa shape index (κ1) is 12.2. The number of nitrogens with one attached hydrogen (secondary N) is 1. The Hall–Kier alpha value is -1.83. The number of rotatable bonds is 5. The molecule has 0 bridgehead atoms. The molecule has 1 amide bonds. The summed E-state index contributed by atoms with van der Waals surface area (Å²) in [4.78, 5) is 15.6. The quantitative estimate of drug-likeness (QED) is 0.768. The van der Waals surface area contributed by atoms with Gasteiger partial charge in [0.1, 0.15) is 0 Å². The Morgan fingerprint density at radius 3 is 2.81 bits per heavy atom. The molecule has 0 radical (unpaired) electrons. The lowest BCUT2D eigenvalue weighted by atomic mass is 10.2. The maximum absolute atomic E-state index is 11.6. The number of hydrogen-bond donors (Lipinski definition) is 1. The lowest BCUT2D eigenvalue weighted by Crippen LogP contribution is -2.24. The third-order valence-electron chi connectivity index (χ3n) is 2.11. The van der Waals surface area contributed by atoms with Crippen LogP contribution in [0.5, 0.6) is 0 Å². The second-order valence-electron chi connectivity index (χ2n) is 3.52. The average molecular weight is 221 g/mol. The van der Waals surface area contributed by atoms with Crippen molar-refractivity contribution in [3.63, 3.8) is 0 Å². The van der Waals surface area contributed by atoms with E-state index >= 15 is 0 Å². The van der Waals surface area contributed by atoms with Gasteiger partial charge in [-0.05, 0) is 19.8 Å². The fourth-order valence-corrected chi connectivity index (χ4v) is 1.35. The van der Waals surface area contributed by atoms with Gasteiger partial charge in [-0.15, -0.1) is 0 Å². The Kier molecular flexibility index (Phi) is 4.52. The summed E-state index contributed by atoms with van der Waals surface area (Å²) >= 11 is 0. The Morgan fingerprint density at radius 1 is 1.50 bits per heavy atom. The molecule has 1 rings (SSSR count). The highest BCUT2D eigenvalue weighted by Crippen LogP contribution is 2.08. The number of aromatic nitrogens is 1. The molecule has 0 atom stereocenters. The van der Waals surface area contributed by atoms with Gasteiger partial charge in [0, 0.05) is 19.9 Å². The van der Waals surface area contributed by atoms with Gasteiger partial charge in [-0.25, -0.2) is 4.98 Å². The van der Waals surface area contributed by atoms with E-state index in [1.165, 1.54) is 0 Å². The van der Waals surface area contributed by atoms with Gasteiger partial charge < -0.3 is 9.73 Å². The standard InChI is InChI=1S/C11H15N3O2/c1-8-10(16-9(2)14-8)11(15)13-7-5-3-4-6-12/h3-5,7H2,1-2H3,(H,13,15). The summed E-state index contributed by atoms with van der Waals surface area (Å²) < 4.78 is 5.18. The van der Waals surface area contributed by atoms with E-state index in [1.54, 1.807) is 13.8 Å². The Bertz CT molecular complexity index is 404. The number of nitriles is 1. The van der Waals surface area contributed by atoms with Crippen molar-refractivity contribution in [1.82, 2.24) is 10.3 Å². The van der Waals surface area contributed by atoms with E-state index in [9.17, 15) is 4.79 Å². The first-order chi connectivity index (χ1) is 7.65. The fraction of sp³-hybridized carbons (Fsp3) is 0.545. The van der Waals surface area contributed by atoms with E-state index in [-0.39, 0.29) is 11.7 Å². The highest BCUT2D eigenvalue weighted by Gasteiger charge is 2.14. The van der Waals surface area contributed by atoms with Gasteiger partial charge in [-0.3, -0.25) is 4.79 Å². The highest BCUT2D eigenvalue weighted by atomic mass is 16.4. The van der Waals surface area contributed by atoms with Crippen LogP contribution in [0.25, 0.3) is 0 Å². The number of carbonyl (C=O) groups is 1. The predicted molar refractivity (Wildman–Crippen MR) is 57.8 cm³/mol. The van der Waals surface area contributed by atoms with Crippen molar-refractivity contribution in [2.45, 2.75) is 33.1 Å². The summed E-state index contributed by atoms with van der Waals surface area (Å²) in [6.45, 7) is 4.00. The van der Waals surface area contributed by atoms with Crippen molar-refractivity contribution in [1.29, 1.82) is 5.26 Å². The van der Waals surface area contributed by atoms with Crippen molar-refractivity contribution < 1.29 is 9.21 Å². The van der Waals surface area contributed by atoms with E-state index in [4.69, 9.17) is 9.68 Å². The molecule has 0 aliphatic rings. The van der Waals surface area contributed by atoms with Crippen molar-refractivity contribution in [2.75, 3.05) is 6.54 Å². The third kappa shape index (κ3) is 3.39.